The zero-order valence-electron chi connectivity index (χ0n) is 8.86. The van der Waals surface area contributed by atoms with Crippen LogP contribution < -0.4 is 4.90 Å². The first-order valence-electron chi connectivity index (χ1n) is 5.36. The summed E-state index contributed by atoms with van der Waals surface area (Å²) in [7, 11) is 0. The lowest BCUT2D eigenvalue weighted by atomic mass is 10.0. The average Bonchev–Trinajstić information content (AvgIpc) is 2.60. The standard InChI is InChI=1S/C12H16ClNO/c1-9-10(8-15)6-7-14(9)12-5-3-2-4-11(12)13/h2-5,9-10,15H,6-8H2,1H3. The molecule has 3 heteroatoms. The molecule has 2 rings (SSSR count). The minimum atomic E-state index is 0.266. The highest BCUT2D eigenvalue weighted by molar-refractivity contribution is 6.33. The molecule has 0 spiro atoms. The molecule has 82 valence electrons. The molecule has 0 aromatic heterocycles. The molecular formula is C12H16ClNO. The fraction of sp³-hybridized carbons (Fsp3) is 0.500. The van der Waals surface area contributed by atoms with E-state index in [-0.39, 0.29) is 6.61 Å². The topological polar surface area (TPSA) is 23.5 Å². The second-order valence-electron chi connectivity index (χ2n) is 4.12. The van der Waals surface area contributed by atoms with Gasteiger partial charge in [-0.3, -0.25) is 0 Å². The molecule has 1 N–H and O–H groups in total. The van der Waals surface area contributed by atoms with E-state index in [2.05, 4.69) is 11.8 Å². The van der Waals surface area contributed by atoms with Crippen molar-refractivity contribution in [2.75, 3.05) is 18.1 Å². The van der Waals surface area contributed by atoms with Gasteiger partial charge in [0.15, 0.2) is 0 Å². The SMILES string of the molecule is CC1C(CO)CCN1c1ccccc1Cl. The summed E-state index contributed by atoms with van der Waals surface area (Å²) in [4.78, 5) is 2.28. The van der Waals surface area contributed by atoms with Crippen LogP contribution in [0.3, 0.4) is 0 Å². The molecule has 2 nitrogen and oxygen atoms in total. The van der Waals surface area contributed by atoms with Crippen molar-refractivity contribution in [2.24, 2.45) is 5.92 Å². The van der Waals surface area contributed by atoms with Gasteiger partial charge in [0.25, 0.3) is 0 Å². The maximum Gasteiger partial charge on any atom is 0.0639 e. The second kappa shape index (κ2) is 4.42. The largest absolute Gasteiger partial charge is 0.396 e. The van der Waals surface area contributed by atoms with E-state index in [0.29, 0.717) is 12.0 Å². The van der Waals surface area contributed by atoms with Gasteiger partial charge in [-0.1, -0.05) is 23.7 Å². The van der Waals surface area contributed by atoms with Crippen LogP contribution in [0.4, 0.5) is 5.69 Å². The van der Waals surface area contributed by atoms with E-state index >= 15 is 0 Å². The highest BCUT2D eigenvalue weighted by Crippen LogP contribution is 2.33. The highest BCUT2D eigenvalue weighted by atomic mass is 35.5. The minimum Gasteiger partial charge on any atom is -0.396 e. The Morgan fingerprint density at radius 1 is 1.47 bits per heavy atom. The Hall–Kier alpha value is -0.730. The third-order valence-corrected chi connectivity index (χ3v) is 3.63. The maximum absolute atomic E-state index is 9.21. The molecule has 1 aliphatic heterocycles. The van der Waals surface area contributed by atoms with E-state index in [9.17, 15) is 5.11 Å². The number of benzene rings is 1. The number of hydrogen-bond donors (Lipinski definition) is 1. The van der Waals surface area contributed by atoms with Crippen molar-refractivity contribution < 1.29 is 5.11 Å². The average molecular weight is 226 g/mol. The van der Waals surface area contributed by atoms with E-state index in [4.69, 9.17) is 11.6 Å². The van der Waals surface area contributed by atoms with Gasteiger partial charge in [-0.15, -0.1) is 0 Å². The Bertz CT molecular complexity index is 342. The molecule has 0 radical (unpaired) electrons. The highest BCUT2D eigenvalue weighted by Gasteiger charge is 2.30. The van der Waals surface area contributed by atoms with Crippen molar-refractivity contribution >= 4 is 17.3 Å². The normalized spacial score (nSPS) is 25.9. The van der Waals surface area contributed by atoms with Crippen LogP contribution in [0.5, 0.6) is 0 Å². The minimum absolute atomic E-state index is 0.266. The third-order valence-electron chi connectivity index (χ3n) is 3.31. The zero-order valence-corrected chi connectivity index (χ0v) is 9.61. The summed E-state index contributed by atoms with van der Waals surface area (Å²) in [5.41, 5.74) is 1.09. The van der Waals surface area contributed by atoms with Crippen LogP contribution in [0.25, 0.3) is 0 Å². The monoisotopic (exact) mass is 225 g/mol. The molecule has 0 aliphatic carbocycles. The molecule has 1 saturated heterocycles. The van der Waals surface area contributed by atoms with Gasteiger partial charge in [0.05, 0.1) is 10.7 Å². The number of rotatable bonds is 2. The van der Waals surface area contributed by atoms with Gasteiger partial charge in [0.2, 0.25) is 0 Å². The Labute approximate surface area is 95.5 Å². The number of aliphatic hydroxyl groups excluding tert-OH is 1. The first-order valence-corrected chi connectivity index (χ1v) is 5.74. The quantitative estimate of drug-likeness (QED) is 0.836. The molecule has 0 amide bonds. The first-order chi connectivity index (χ1) is 7.24. The van der Waals surface area contributed by atoms with E-state index in [0.717, 1.165) is 23.7 Å². The van der Waals surface area contributed by atoms with Gasteiger partial charge in [0, 0.05) is 25.1 Å². The van der Waals surface area contributed by atoms with Crippen LogP contribution in [0.2, 0.25) is 5.02 Å². The van der Waals surface area contributed by atoms with Gasteiger partial charge in [-0.2, -0.15) is 0 Å². The summed E-state index contributed by atoms with van der Waals surface area (Å²) >= 11 is 6.16. The van der Waals surface area contributed by atoms with Crippen LogP contribution in [0.15, 0.2) is 24.3 Å². The number of nitrogens with zero attached hydrogens (tertiary/aromatic N) is 1. The van der Waals surface area contributed by atoms with Crippen LogP contribution in [0, 0.1) is 5.92 Å². The fourth-order valence-electron chi connectivity index (χ4n) is 2.27. The van der Waals surface area contributed by atoms with Crippen LogP contribution >= 0.6 is 11.6 Å². The van der Waals surface area contributed by atoms with Crippen molar-refractivity contribution in [2.45, 2.75) is 19.4 Å². The summed E-state index contributed by atoms with van der Waals surface area (Å²) in [6.45, 7) is 3.40. The Morgan fingerprint density at radius 3 is 2.80 bits per heavy atom. The Balaban J connectivity index is 2.22. The van der Waals surface area contributed by atoms with Crippen molar-refractivity contribution in [3.8, 4) is 0 Å². The van der Waals surface area contributed by atoms with Crippen LogP contribution in [-0.2, 0) is 0 Å². The summed E-state index contributed by atoms with van der Waals surface area (Å²) in [5, 5.41) is 10.0. The molecule has 1 fully saturated rings. The second-order valence-corrected chi connectivity index (χ2v) is 4.52. The predicted molar refractivity (Wildman–Crippen MR) is 63.5 cm³/mol. The molecular weight excluding hydrogens is 210 g/mol. The molecule has 1 aromatic carbocycles. The molecule has 1 heterocycles. The molecule has 0 bridgehead atoms. The smallest absolute Gasteiger partial charge is 0.0639 e. The number of halogens is 1. The number of hydrogen-bond acceptors (Lipinski definition) is 2. The fourth-order valence-corrected chi connectivity index (χ4v) is 2.52. The van der Waals surface area contributed by atoms with E-state index < -0.39 is 0 Å². The molecule has 2 unspecified atom stereocenters. The van der Waals surface area contributed by atoms with E-state index in [1.807, 2.05) is 24.3 Å². The molecule has 1 aromatic rings. The van der Waals surface area contributed by atoms with Gasteiger partial charge < -0.3 is 10.0 Å². The number of para-hydroxylation sites is 1. The third kappa shape index (κ3) is 1.97. The van der Waals surface area contributed by atoms with E-state index in [1.165, 1.54) is 0 Å². The van der Waals surface area contributed by atoms with Gasteiger partial charge in [0.1, 0.15) is 0 Å². The van der Waals surface area contributed by atoms with Crippen molar-refractivity contribution in [3.63, 3.8) is 0 Å². The van der Waals surface area contributed by atoms with Crippen molar-refractivity contribution in [1.29, 1.82) is 0 Å². The first kappa shape index (κ1) is 10.8. The summed E-state index contributed by atoms with van der Waals surface area (Å²) in [5.74, 6) is 0.376. The lowest BCUT2D eigenvalue weighted by Crippen LogP contribution is -2.31. The van der Waals surface area contributed by atoms with Crippen molar-refractivity contribution in [3.05, 3.63) is 29.3 Å². The van der Waals surface area contributed by atoms with Crippen LogP contribution in [0.1, 0.15) is 13.3 Å². The zero-order chi connectivity index (χ0) is 10.8. The lowest BCUT2D eigenvalue weighted by molar-refractivity contribution is 0.221. The van der Waals surface area contributed by atoms with Crippen molar-refractivity contribution in [1.82, 2.24) is 0 Å². The predicted octanol–water partition coefficient (Wildman–Crippen LogP) is 2.55. The molecule has 2 atom stereocenters. The maximum atomic E-state index is 9.21. The number of anilines is 1. The van der Waals surface area contributed by atoms with Gasteiger partial charge in [-0.05, 0) is 25.5 Å². The molecule has 15 heavy (non-hydrogen) atoms. The Morgan fingerprint density at radius 2 is 2.20 bits per heavy atom. The molecule has 0 saturated carbocycles. The number of aliphatic hydroxyl groups is 1. The lowest BCUT2D eigenvalue weighted by Gasteiger charge is -2.26. The molecule has 1 aliphatic rings. The summed E-state index contributed by atoms with van der Waals surface area (Å²) < 4.78 is 0. The summed E-state index contributed by atoms with van der Waals surface area (Å²) in [6.07, 6.45) is 1.04. The van der Waals surface area contributed by atoms with Gasteiger partial charge in [-0.25, -0.2) is 0 Å². The van der Waals surface area contributed by atoms with E-state index in [1.54, 1.807) is 0 Å². The van der Waals surface area contributed by atoms with Crippen LogP contribution in [-0.4, -0.2) is 24.3 Å². The van der Waals surface area contributed by atoms with Gasteiger partial charge >= 0.3 is 0 Å². The Kier molecular flexibility index (Phi) is 3.17. The summed E-state index contributed by atoms with van der Waals surface area (Å²) in [6, 6.07) is 8.26.